The van der Waals surface area contributed by atoms with Crippen LogP contribution < -0.4 is 5.32 Å². The lowest BCUT2D eigenvalue weighted by Gasteiger charge is -2.08. The van der Waals surface area contributed by atoms with E-state index < -0.39 is 9.84 Å². The van der Waals surface area contributed by atoms with Crippen molar-refractivity contribution in [1.29, 1.82) is 0 Å². The average molecular weight is 521 g/mol. The van der Waals surface area contributed by atoms with E-state index in [-0.39, 0.29) is 27.3 Å². The third-order valence-corrected chi connectivity index (χ3v) is 8.58. The van der Waals surface area contributed by atoms with Crippen molar-refractivity contribution in [2.75, 3.05) is 17.3 Å². The minimum Gasteiger partial charge on any atom is -0.324 e. The zero-order valence-corrected chi connectivity index (χ0v) is 20.2. The van der Waals surface area contributed by atoms with Gasteiger partial charge in [0.15, 0.2) is 18.5 Å². The van der Waals surface area contributed by atoms with Gasteiger partial charge in [-0.15, -0.1) is 10.2 Å². The normalized spacial score (nSPS) is 11.4. The summed E-state index contributed by atoms with van der Waals surface area (Å²) < 4.78 is 24.8. The monoisotopic (exact) mass is 519 g/mol. The molecule has 1 aromatic heterocycles. The van der Waals surface area contributed by atoms with Gasteiger partial charge in [-0.25, -0.2) is 8.42 Å². The van der Waals surface area contributed by atoms with Gasteiger partial charge < -0.3 is 5.32 Å². The van der Waals surface area contributed by atoms with Gasteiger partial charge in [-0.3, -0.25) is 4.79 Å². The minimum atomic E-state index is -3.40. The van der Waals surface area contributed by atoms with Gasteiger partial charge >= 0.3 is 0 Å². The lowest BCUT2D eigenvalue weighted by molar-refractivity contribution is -0.113. The van der Waals surface area contributed by atoms with Gasteiger partial charge in [0, 0.05) is 17.0 Å². The molecule has 0 spiro atoms. The number of aromatic nitrogens is 2. The highest BCUT2D eigenvalue weighted by Crippen LogP contribution is 2.31. The predicted molar refractivity (Wildman–Crippen MR) is 125 cm³/mol. The van der Waals surface area contributed by atoms with Crippen LogP contribution >= 0.6 is 58.1 Å². The lowest BCUT2D eigenvalue weighted by Crippen LogP contribution is -2.14. The van der Waals surface area contributed by atoms with E-state index in [1.165, 1.54) is 41.3 Å². The molecular formula is C18H15Cl2N3O3S4. The standard InChI is InChI=1S/C18H15Cl2N3O3S4/c1-30(25,26)13-6-7-14(20)15(8-13)21-16(24)10-28-18-23-22-17(29-18)27-9-11-2-4-12(19)5-3-11/h2-8H,9-10H2,1H3,(H,21,24). The molecule has 0 fully saturated rings. The third kappa shape index (κ3) is 6.86. The van der Waals surface area contributed by atoms with Gasteiger partial charge in [0.25, 0.3) is 0 Å². The van der Waals surface area contributed by atoms with E-state index in [9.17, 15) is 13.2 Å². The fourth-order valence-corrected chi connectivity index (χ4v) is 5.90. The van der Waals surface area contributed by atoms with E-state index >= 15 is 0 Å². The molecule has 0 unspecified atom stereocenters. The first kappa shape index (κ1) is 23.4. The first-order chi connectivity index (χ1) is 14.2. The largest absolute Gasteiger partial charge is 0.324 e. The maximum atomic E-state index is 12.2. The van der Waals surface area contributed by atoms with Gasteiger partial charge in [-0.05, 0) is 35.9 Å². The number of hydrogen-bond acceptors (Lipinski definition) is 8. The summed E-state index contributed by atoms with van der Waals surface area (Å²) in [6, 6.07) is 11.8. The van der Waals surface area contributed by atoms with Crippen LogP contribution in [0.1, 0.15) is 5.56 Å². The molecule has 158 valence electrons. The van der Waals surface area contributed by atoms with Gasteiger partial charge in [-0.1, -0.05) is 70.2 Å². The number of thioether (sulfide) groups is 2. The Morgan fingerprint density at radius 1 is 1.07 bits per heavy atom. The van der Waals surface area contributed by atoms with Crippen LogP contribution in [0.3, 0.4) is 0 Å². The van der Waals surface area contributed by atoms with E-state index in [0.717, 1.165) is 21.9 Å². The number of benzene rings is 2. The number of nitrogens with one attached hydrogen (secondary N) is 1. The summed E-state index contributed by atoms with van der Waals surface area (Å²) in [5.41, 5.74) is 1.38. The minimum absolute atomic E-state index is 0.0846. The molecule has 0 saturated heterocycles. The van der Waals surface area contributed by atoms with Crippen LogP contribution in [-0.4, -0.2) is 36.5 Å². The van der Waals surface area contributed by atoms with E-state index in [1.807, 2.05) is 24.3 Å². The van der Waals surface area contributed by atoms with Crippen molar-refractivity contribution >= 4 is 79.5 Å². The predicted octanol–water partition coefficient (Wildman–Crippen LogP) is 5.27. The zero-order chi connectivity index (χ0) is 21.7. The van der Waals surface area contributed by atoms with Gasteiger partial charge in [0.2, 0.25) is 5.91 Å². The van der Waals surface area contributed by atoms with Crippen LogP contribution in [0.5, 0.6) is 0 Å². The Morgan fingerprint density at radius 3 is 2.40 bits per heavy atom. The number of nitrogens with zero attached hydrogens (tertiary/aromatic N) is 2. The molecule has 3 rings (SSSR count). The highest BCUT2D eigenvalue weighted by atomic mass is 35.5. The molecule has 0 saturated carbocycles. The second-order valence-corrected chi connectivity index (χ2v) is 12.3. The summed E-state index contributed by atoms with van der Waals surface area (Å²) in [5, 5.41) is 11.8. The Hall–Kier alpha value is -1.30. The third-order valence-electron chi connectivity index (χ3n) is 3.63. The first-order valence-corrected chi connectivity index (χ1v) is 13.8. The molecule has 0 bridgehead atoms. The van der Waals surface area contributed by atoms with E-state index in [4.69, 9.17) is 23.2 Å². The van der Waals surface area contributed by atoms with Gasteiger partial charge in [0.05, 0.1) is 21.4 Å². The molecule has 2 aromatic carbocycles. The summed E-state index contributed by atoms with van der Waals surface area (Å²) in [4.78, 5) is 12.3. The quantitative estimate of drug-likeness (QED) is 0.405. The Balaban J connectivity index is 1.52. The number of rotatable bonds is 8. The summed E-state index contributed by atoms with van der Waals surface area (Å²) in [7, 11) is -3.40. The SMILES string of the molecule is CS(=O)(=O)c1ccc(Cl)c(NC(=O)CSc2nnc(SCc3ccc(Cl)cc3)s2)c1. The van der Waals surface area contributed by atoms with Crippen molar-refractivity contribution in [3.63, 3.8) is 0 Å². The van der Waals surface area contributed by atoms with Gasteiger partial charge in [-0.2, -0.15) is 0 Å². The molecule has 0 radical (unpaired) electrons. The van der Waals surface area contributed by atoms with E-state index in [1.54, 1.807) is 11.8 Å². The molecule has 1 heterocycles. The Morgan fingerprint density at radius 2 is 1.73 bits per heavy atom. The van der Waals surface area contributed by atoms with Crippen LogP contribution in [0, 0.1) is 0 Å². The van der Waals surface area contributed by atoms with E-state index in [0.29, 0.717) is 9.36 Å². The highest BCUT2D eigenvalue weighted by Gasteiger charge is 2.14. The summed E-state index contributed by atoms with van der Waals surface area (Å²) >= 11 is 16.2. The average Bonchev–Trinajstić information content (AvgIpc) is 3.15. The molecule has 0 aliphatic carbocycles. The van der Waals surface area contributed by atoms with Crippen molar-refractivity contribution in [2.24, 2.45) is 0 Å². The molecule has 1 N–H and O–H groups in total. The van der Waals surface area contributed by atoms with Crippen molar-refractivity contribution in [3.05, 3.63) is 58.1 Å². The Kier molecular flexibility index (Phi) is 8.05. The van der Waals surface area contributed by atoms with Crippen molar-refractivity contribution < 1.29 is 13.2 Å². The zero-order valence-electron chi connectivity index (χ0n) is 15.5. The topological polar surface area (TPSA) is 89.0 Å². The van der Waals surface area contributed by atoms with Crippen LogP contribution in [0.25, 0.3) is 0 Å². The maximum absolute atomic E-state index is 12.2. The number of halogens is 2. The number of hydrogen-bond donors (Lipinski definition) is 1. The fourth-order valence-electron chi connectivity index (χ4n) is 2.18. The van der Waals surface area contributed by atoms with Gasteiger partial charge in [0.1, 0.15) is 0 Å². The second-order valence-electron chi connectivity index (χ2n) is 6.00. The first-order valence-electron chi connectivity index (χ1n) is 8.34. The highest BCUT2D eigenvalue weighted by molar-refractivity contribution is 8.03. The number of amides is 1. The second kappa shape index (κ2) is 10.3. The molecule has 1 amide bonds. The van der Waals surface area contributed by atoms with Crippen LogP contribution in [0.2, 0.25) is 10.0 Å². The number of carbonyl (C=O) groups is 1. The molecule has 0 aliphatic rings. The smallest absolute Gasteiger partial charge is 0.234 e. The van der Waals surface area contributed by atoms with Crippen LogP contribution in [0.15, 0.2) is 56.0 Å². The summed E-state index contributed by atoms with van der Waals surface area (Å²) in [5.74, 6) is 0.514. The molecule has 6 nitrogen and oxygen atoms in total. The maximum Gasteiger partial charge on any atom is 0.234 e. The lowest BCUT2D eigenvalue weighted by atomic mass is 10.2. The van der Waals surface area contributed by atoms with Crippen molar-refractivity contribution in [2.45, 2.75) is 19.3 Å². The molecule has 0 atom stereocenters. The van der Waals surface area contributed by atoms with Crippen LogP contribution in [-0.2, 0) is 20.4 Å². The summed E-state index contributed by atoms with van der Waals surface area (Å²) in [6.07, 6.45) is 1.09. The van der Waals surface area contributed by atoms with E-state index in [2.05, 4.69) is 15.5 Å². The van der Waals surface area contributed by atoms with Crippen LogP contribution in [0.4, 0.5) is 5.69 Å². The Bertz CT molecular complexity index is 1150. The number of anilines is 1. The fraction of sp³-hybridized carbons (Fsp3) is 0.167. The molecule has 0 aliphatic heterocycles. The number of carbonyl (C=O) groups excluding carboxylic acids is 1. The van der Waals surface area contributed by atoms with Crippen molar-refractivity contribution in [1.82, 2.24) is 10.2 Å². The Labute approximate surface area is 196 Å². The molecule has 12 heteroatoms. The summed E-state index contributed by atoms with van der Waals surface area (Å²) in [6.45, 7) is 0. The molecular weight excluding hydrogens is 505 g/mol. The van der Waals surface area contributed by atoms with Crippen molar-refractivity contribution in [3.8, 4) is 0 Å². The molecule has 30 heavy (non-hydrogen) atoms. The molecule has 3 aromatic rings. The number of sulfone groups is 1.